The number of ether oxygens (including phenoxy) is 1. The van der Waals surface area contributed by atoms with Gasteiger partial charge in [0.2, 0.25) is 5.88 Å². The number of fused-ring (bicyclic) bond motifs is 1. The Morgan fingerprint density at radius 2 is 2.09 bits per heavy atom. The molecule has 2 fully saturated rings. The molecule has 1 aromatic heterocycles. The van der Waals surface area contributed by atoms with Crippen LogP contribution in [0.3, 0.4) is 0 Å². The summed E-state index contributed by atoms with van der Waals surface area (Å²) in [7, 11) is 0. The first-order valence-electron chi connectivity index (χ1n) is 8.03. The Bertz CT molecular complexity index is 526. The number of hydrogen-bond acceptors (Lipinski definition) is 4. The lowest BCUT2D eigenvalue weighted by atomic mass is 9.83. The largest absolute Gasteiger partial charge is 0.475 e. The highest BCUT2D eigenvalue weighted by molar-refractivity contribution is 5.18. The van der Waals surface area contributed by atoms with Gasteiger partial charge in [0, 0.05) is 24.0 Å². The average molecular weight is 311 g/mol. The van der Waals surface area contributed by atoms with Gasteiger partial charge in [-0.3, -0.25) is 4.90 Å². The predicted octanol–water partition coefficient (Wildman–Crippen LogP) is 3.45. The molecular weight excluding hydrogens is 288 g/mol. The van der Waals surface area contributed by atoms with E-state index in [1.807, 2.05) is 0 Å². The van der Waals surface area contributed by atoms with Crippen molar-refractivity contribution in [2.45, 2.75) is 57.5 Å². The Morgan fingerprint density at radius 3 is 2.82 bits per heavy atom. The van der Waals surface area contributed by atoms with Crippen molar-refractivity contribution < 1.29 is 13.5 Å². The monoisotopic (exact) mass is 311 g/mol. The van der Waals surface area contributed by atoms with E-state index in [1.54, 1.807) is 0 Å². The summed E-state index contributed by atoms with van der Waals surface area (Å²) in [6.45, 7) is 6.04. The summed E-state index contributed by atoms with van der Waals surface area (Å²) in [5, 5.41) is 0. The zero-order valence-electron chi connectivity index (χ0n) is 13.1. The minimum Gasteiger partial charge on any atom is -0.475 e. The van der Waals surface area contributed by atoms with Crippen LogP contribution < -0.4 is 4.74 Å². The van der Waals surface area contributed by atoms with Gasteiger partial charge in [0.1, 0.15) is 6.61 Å². The van der Waals surface area contributed by atoms with E-state index >= 15 is 0 Å². The summed E-state index contributed by atoms with van der Waals surface area (Å²) in [5.41, 5.74) is -0.0842. The van der Waals surface area contributed by atoms with Crippen LogP contribution in [0.1, 0.15) is 51.7 Å². The van der Waals surface area contributed by atoms with E-state index < -0.39 is 6.43 Å². The highest BCUT2D eigenvalue weighted by Crippen LogP contribution is 2.47. The molecule has 2 atom stereocenters. The standard InChI is InChI=1S/C16H23F2N3O/c1-11(2)16-5-3-9-21(16)12(4-6-16)10-22-15-13(14(17)18)19-7-8-20-15/h7-8,11-12,14H,3-6,9-10H2,1-2H3. The van der Waals surface area contributed by atoms with Gasteiger partial charge >= 0.3 is 0 Å². The van der Waals surface area contributed by atoms with Crippen molar-refractivity contribution >= 4 is 0 Å². The van der Waals surface area contributed by atoms with Crippen LogP contribution in [0.15, 0.2) is 12.4 Å². The SMILES string of the molecule is CC(C)C12CCCN1C(COc1nccnc1C(F)F)CC2. The van der Waals surface area contributed by atoms with Gasteiger partial charge < -0.3 is 4.74 Å². The molecule has 0 amide bonds. The molecule has 0 aliphatic carbocycles. The molecule has 3 heterocycles. The van der Waals surface area contributed by atoms with E-state index in [9.17, 15) is 8.78 Å². The van der Waals surface area contributed by atoms with Crippen LogP contribution in [-0.2, 0) is 0 Å². The van der Waals surface area contributed by atoms with Crippen molar-refractivity contribution in [2.75, 3.05) is 13.2 Å². The Kier molecular flexibility index (Phi) is 4.30. The average Bonchev–Trinajstić information content (AvgIpc) is 3.05. The first-order chi connectivity index (χ1) is 10.5. The third-order valence-electron chi connectivity index (χ3n) is 5.32. The maximum absolute atomic E-state index is 12.9. The molecule has 0 N–H and O–H groups in total. The second kappa shape index (κ2) is 6.07. The summed E-state index contributed by atoms with van der Waals surface area (Å²) in [6.07, 6.45) is 4.67. The summed E-state index contributed by atoms with van der Waals surface area (Å²) in [4.78, 5) is 10.1. The summed E-state index contributed by atoms with van der Waals surface area (Å²) in [6, 6.07) is 0.289. The summed E-state index contributed by atoms with van der Waals surface area (Å²) >= 11 is 0. The quantitative estimate of drug-likeness (QED) is 0.835. The Morgan fingerprint density at radius 1 is 1.32 bits per heavy atom. The Labute approximate surface area is 129 Å². The number of halogens is 2. The van der Waals surface area contributed by atoms with Crippen LogP contribution in [0.2, 0.25) is 0 Å². The molecule has 2 unspecified atom stereocenters. The predicted molar refractivity (Wildman–Crippen MR) is 79.0 cm³/mol. The molecule has 122 valence electrons. The second-order valence-electron chi connectivity index (χ2n) is 6.61. The smallest absolute Gasteiger partial charge is 0.285 e. The normalized spacial score (nSPS) is 28.5. The molecular formula is C16H23F2N3O. The van der Waals surface area contributed by atoms with Gasteiger partial charge in [0.15, 0.2) is 5.69 Å². The van der Waals surface area contributed by atoms with Gasteiger partial charge in [-0.05, 0) is 38.1 Å². The molecule has 2 aliphatic heterocycles. The minimum atomic E-state index is -2.66. The molecule has 2 saturated heterocycles. The van der Waals surface area contributed by atoms with Crippen LogP contribution in [0.4, 0.5) is 8.78 Å². The van der Waals surface area contributed by atoms with E-state index in [4.69, 9.17) is 4.74 Å². The molecule has 0 spiro atoms. The zero-order valence-corrected chi connectivity index (χ0v) is 13.1. The molecule has 2 aliphatic rings. The molecule has 22 heavy (non-hydrogen) atoms. The Hall–Kier alpha value is -1.30. The fourth-order valence-electron chi connectivity index (χ4n) is 4.16. The minimum absolute atomic E-state index is 0.0289. The highest BCUT2D eigenvalue weighted by Gasteiger charge is 2.50. The number of aromatic nitrogens is 2. The number of alkyl halides is 2. The molecule has 0 radical (unpaired) electrons. The maximum atomic E-state index is 12.9. The molecule has 0 aromatic carbocycles. The highest BCUT2D eigenvalue weighted by atomic mass is 19.3. The van der Waals surface area contributed by atoms with Crippen molar-refractivity contribution in [3.8, 4) is 5.88 Å². The molecule has 4 nitrogen and oxygen atoms in total. The maximum Gasteiger partial charge on any atom is 0.285 e. The lowest BCUT2D eigenvalue weighted by molar-refractivity contribution is 0.0766. The van der Waals surface area contributed by atoms with Crippen LogP contribution in [0.25, 0.3) is 0 Å². The van der Waals surface area contributed by atoms with E-state index in [0.29, 0.717) is 12.5 Å². The van der Waals surface area contributed by atoms with Gasteiger partial charge in [-0.15, -0.1) is 0 Å². The first-order valence-corrected chi connectivity index (χ1v) is 8.03. The lowest BCUT2D eigenvalue weighted by Gasteiger charge is -2.38. The first kappa shape index (κ1) is 15.6. The van der Waals surface area contributed by atoms with Crippen molar-refractivity contribution in [1.82, 2.24) is 14.9 Å². The van der Waals surface area contributed by atoms with Crippen LogP contribution >= 0.6 is 0 Å². The van der Waals surface area contributed by atoms with Crippen LogP contribution in [0.5, 0.6) is 5.88 Å². The summed E-state index contributed by atoms with van der Waals surface area (Å²) < 4.78 is 31.5. The Balaban J connectivity index is 1.68. The van der Waals surface area contributed by atoms with Crippen molar-refractivity contribution in [3.63, 3.8) is 0 Å². The fraction of sp³-hybridized carbons (Fsp3) is 0.750. The number of hydrogen-bond donors (Lipinski definition) is 0. The third-order valence-corrected chi connectivity index (χ3v) is 5.32. The van der Waals surface area contributed by atoms with Crippen LogP contribution in [0, 0.1) is 5.92 Å². The van der Waals surface area contributed by atoms with Gasteiger partial charge in [-0.1, -0.05) is 13.8 Å². The van der Waals surface area contributed by atoms with Gasteiger partial charge in [0.05, 0.1) is 0 Å². The third kappa shape index (κ3) is 2.57. The lowest BCUT2D eigenvalue weighted by Crippen LogP contribution is -2.47. The molecule has 6 heteroatoms. The van der Waals surface area contributed by atoms with E-state index in [-0.39, 0.29) is 23.2 Å². The second-order valence-corrected chi connectivity index (χ2v) is 6.61. The van der Waals surface area contributed by atoms with E-state index in [0.717, 1.165) is 13.0 Å². The van der Waals surface area contributed by atoms with E-state index in [2.05, 4.69) is 28.7 Å². The van der Waals surface area contributed by atoms with E-state index in [1.165, 1.54) is 31.7 Å². The van der Waals surface area contributed by atoms with Crippen molar-refractivity contribution in [3.05, 3.63) is 18.1 Å². The number of rotatable bonds is 5. The molecule has 0 saturated carbocycles. The molecule has 1 aromatic rings. The topological polar surface area (TPSA) is 38.2 Å². The molecule has 0 bridgehead atoms. The van der Waals surface area contributed by atoms with Gasteiger partial charge in [-0.25, -0.2) is 18.7 Å². The summed E-state index contributed by atoms with van der Waals surface area (Å²) in [5.74, 6) is 0.576. The van der Waals surface area contributed by atoms with Crippen molar-refractivity contribution in [2.24, 2.45) is 5.92 Å². The van der Waals surface area contributed by atoms with Gasteiger partial charge in [0.25, 0.3) is 6.43 Å². The zero-order chi connectivity index (χ0) is 15.7. The van der Waals surface area contributed by atoms with Crippen LogP contribution in [-0.4, -0.2) is 39.6 Å². The van der Waals surface area contributed by atoms with Crippen molar-refractivity contribution in [1.29, 1.82) is 0 Å². The number of nitrogens with zero attached hydrogens (tertiary/aromatic N) is 3. The van der Waals surface area contributed by atoms with Gasteiger partial charge in [-0.2, -0.15) is 0 Å². The fourth-order valence-corrected chi connectivity index (χ4v) is 4.16. The molecule has 3 rings (SSSR count).